The van der Waals surface area contributed by atoms with E-state index < -0.39 is 28.5 Å². The lowest BCUT2D eigenvalue weighted by Gasteiger charge is -2.32. The van der Waals surface area contributed by atoms with E-state index in [9.17, 15) is 24.3 Å². The normalized spacial score (nSPS) is 14.1. The number of aliphatic carboxylic acids is 1. The van der Waals surface area contributed by atoms with Gasteiger partial charge in [-0.2, -0.15) is 0 Å². The molecule has 0 saturated heterocycles. The number of hydrogen-bond acceptors (Lipinski definition) is 6. The summed E-state index contributed by atoms with van der Waals surface area (Å²) >= 11 is 1.17. The zero-order chi connectivity index (χ0) is 30.8. The van der Waals surface area contributed by atoms with Gasteiger partial charge >= 0.3 is 12.0 Å². The van der Waals surface area contributed by atoms with Gasteiger partial charge < -0.3 is 30.5 Å². The number of carboxylic acids is 1. The predicted octanol–water partition coefficient (Wildman–Crippen LogP) is 5.52. The first kappa shape index (κ1) is 38.4. The molecule has 0 heterocycles. The minimum Gasteiger partial charge on any atom is -0.481 e. The molecular formula is C27H56N4O6SSi2. The number of thioether (sulfide) groups is 1. The zero-order valence-electron chi connectivity index (χ0n) is 26.1. The SMILES string of the molecule is CSC(=O)NCCCCCCNC(=O)NC(C)CCC(C)NC(=O)C(CCC[Si](C)(C)O[Si](C)(C)C)CC(=O)O. The van der Waals surface area contributed by atoms with E-state index in [1.807, 2.05) is 13.8 Å². The molecule has 0 aliphatic rings. The Balaban J connectivity index is 4.30. The van der Waals surface area contributed by atoms with Gasteiger partial charge in [0.05, 0.1) is 6.42 Å². The van der Waals surface area contributed by atoms with E-state index in [1.165, 1.54) is 11.8 Å². The molecule has 0 rings (SSSR count). The highest BCUT2D eigenvalue weighted by molar-refractivity contribution is 8.12. The number of hydrogen-bond donors (Lipinski definition) is 5. The van der Waals surface area contributed by atoms with Crippen molar-refractivity contribution in [2.45, 2.75) is 122 Å². The van der Waals surface area contributed by atoms with Crippen molar-refractivity contribution in [2.24, 2.45) is 5.92 Å². The Labute approximate surface area is 248 Å². The zero-order valence-corrected chi connectivity index (χ0v) is 28.9. The van der Waals surface area contributed by atoms with Gasteiger partial charge in [-0.3, -0.25) is 14.4 Å². The summed E-state index contributed by atoms with van der Waals surface area (Å²) in [4.78, 5) is 47.6. The molecule has 3 atom stereocenters. The quantitative estimate of drug-likeness (QED) is 0.0839. The van der Waals surface area contributed by atoms with Crippen LogP contribution in [0.4, 0.5) is 9.59 Å². The van der Waals surface area contributed by atoms with Gasteiger partial charge in [0, 0.05) is 31.1 Å². The summed E-state index contributed by atoms with van der Waals surface area (Å²) in [6, 6.07) is 0.507. The molecule has 0 radical (unpaired) electrons. The van der Waals surface area contributed by atoms with Crippen LogP contribution in [0.25, 0.3) is 0 Å². The lowest BCUT2D eigenvalue weighted by molar-refractivity contribution is -0.141. The van der Waals surface area contributed by atoms with Crippen LogP contribution in [0.2, 0.25) is 38.8 Å². The number of rotatable bonds is 21. The highest BCUT2D eigenvalue weighted by Gasteiger charge is 2.30. The average molecular weight is 621 g/mol. The van der Waals surface area contributed by atoms with Crippen molar-refractivity contribution >= 4 is 51.5 Å². The largest absolute Gasteiger partial charge is 0.481 e. The van der Waals surface area contributed by atoms with Crippen LogP contribution in [0.5, 0.6) is 0 Å². The number of urea groups is 1. The highest BCUT2D eigenvalue weighted by Crippen LogP contribution is 2.23. The maximum Gasteiger partial charge on any atom is 0.314 e. The smallest absolute Gasteiger partial charge is 0.314 e. The van der Waals surface area contributed by atoms with Gasteiger partial charge in [0.15, 0.2) is 16.6 Å². The van der Waals surface area contributed by atoms with Crippen molar-refractivity contribution < 1.29 is 28.4 Å². The molecule has 0 aromatic heterocycles. The molecule has 0 aliphatic carbocycles. The predicted molar refractivity (Wildman–Crippen MR) is 170 cm³/mol. The van der Waals surface area contributed by atoms with Crippen molar-refractivity contribution in [3.63, 3.8) is 0 Å². The summed E-state index contributed by atoms with van der Waals surface area (Å²) in [6.07, 6.45) is 8.02. The molecular weight excluding hydrogens is 565 g/mol. The van der Waals surface area contributed by atoms with Crippen LogP contribution < -0.4 is 21.3 Å². The fraction of sp³-hybridized carbons (Fsp3) is 0.852. The van der Waals surface area contributed by atoms with Crippen LogP contribution in [-0.4, -0.2) is 76.3 Å². The van der Waals surface area contributed by atoms with Gasteiger partial charge in [-0.15, -0.1) is 0 Å². The van der Waals surface area contributed by atoms with Crippen LogP contribution in [0, 0.1) is 5.92 Å². The first-order valence-corrected chi connectivity index (χ1v) is 22.4. The fourth-order valence-corrected chi connectivity index (χ4v) is 12.9. The Morgan fingerprint density at radius 2 is 1.35 bits per heavy atom. The third kappa shape index (κ3) is 22.2. The molecule has 0 aliphatic heterocycles. The number of amides is 4. The second-order valence-electron chi connectivity index (χ2n) is 12.3. The van der Waals surface area contributed by atoms with Crippen LogP contribution in [0.15, 0.2) is 0 Å². The summed E-state index contributed by atoms with van der Waals surface area (Å²) in [5.74, 6) is -1.75. The van der Waals surface area contributed by atoms with Gasteiger partial charge in [-0.05, 0) is 91.0 Å². The summed E-state index contributed by atoms with van der Waals surface area (Å²) < 4.78 is 6.36. The van der Waals surface area contributed by atoms with Gasteiger partial charge in [0.2, 0.25) is 5.91 Å². The van der Waals surface area contributed by atoms with Gasteiger partial charge in [-0.1, -0.05) is 31.0 Å². The van der Waals surface area contributed by atoms with E-state index in [-0.39, 0.29) is 35.7 Å². The second kappa shape index (κ2) is 20.3. The Bertz CT molecular complexity index is 783. The first-order chi connectivity index (χ1) is 18.5. The highest BCUT2D eigenvalue weighted by atomic mass is 32.2. The van der Waals surface area contributed by atoms with Gasteiger partial charge in [0.25, 0.3) is 5.24 Å². The van der Waals surface area contributed by atoms with Crippen LogP contribution in [0.3, 0.4) is 0 Å². The second-order valence-corrected chi connectivity index (χ2v) is 22.1. The van der Waals surface area contributed by atoms with Crippen molar-refractivity contribution in [2.75, 3.05) is 19.3 Å². The van der Waals surface area contributed by atoms with Crippen molar-refractivity contribution in [3.05, 3.63) is 0 Å². The van der Waals surface area contributed by atoms with E-state index in [4.69, 9.17) is 4.12 Å². The average Bonchev–Trinajstić information content (AvgIpc) is 2.81. The minimum atomic E-state index is -1.84. The first-order valence-electron chi connectivity index (χ1n) is 14.6. The third-order valence-corrected chi connectivity index (χ3v) is 13.1. The molecule has 4 amide bonds. The molecule has 40 heavy (non-hydrogen) atoms. The molecule has 13 heteroatoms. The van der Waals surface area contributed by atoms with Gasteiger partial charge in [0.1, 0.15) is 0 Å². The molecule has 0 aromatic rings. The van der Waals surface area contributed by atoms with Crippen LogP contribution in [-0.2, 0) is 13.7 Å². The molecule has 0 saturated carbocycles. The number of carbonyl (C=O) groups is 4. The van der Waals surface area contributed by atoms with Crippen LogP contribution >= 0.6 is 11.8 Å². The maximum absolute atomic E-state index is 12.9. The van der Waals surface area contributed by atoms with Gasteiger partial charge in [-0.25, -0.2) is 4.79 Å². The molecule has 0 bridgehead atoms. The van der Waals surface area contributed by atoms with E-state index in [2.05, 4.69) is 54.0 Å². The van der Waals surface area contributed by atoms with E-state index in [0.29, 0.717) is 32.4 Å². The molecule has 234 valence electrons. The molecule has 10 nitrogen and oxygen atoms in total. The lowest BCUT2D eigenvalue weighted by Crippen LogP contribution is -2.43. The molecule has 0 spiro atoms. The monoisotopic (exact) mass is 620 g/mol. The standard InChI is InChI=1S/C27H56N4O6SSi2/c1-21(15-16-22(2)31-26(35)28-17-11-9-10-12-18-29-27(36)38-3)30-25(34)23(20-24(32)33)14-13-19-40(7,8)37-39(4,5)6/h21-23H,9-20H2,1-8H3,(H,29,36)(H,30,34)(H,32,33)(H2,28,31,35). The number of carboxylic acid groups (broad SMARTS) is 1. The molecule has 0 fully saturated rings. The van der Waals surface area contributed by atoms with E-state index >= 15 is 0 Å². The lowest BCUT2D eigenvalue weighted by atomic mass is 9.98. The summed E-state index contributed by atoms with van der Waals surface area (Å²) in [7, 11) is -3.48. The Morgan fingerprint density at radius 3 is 1.88 bits per heavy atom. The molecule has 0 aromatic carbocycles. The summed E-state index contributed by atoms with van der Waals surface area (Å²) in [5.41, 5.74) is 0. The fourth-order valence-electron chi connectivity index (χ4n) is 4.54. The van der Waals surface area contributed by atoms with Crippen molar-refractivity contribution in [1.82, 2.24) is 21.3 Å². The third-order valence-electron chi connectivity index (χ3n) is 6.35. The summed E-state index contributed by atoms with van der Waals surface area (Å²) in [6.45, 7) is 16.0. The molecule has 3 unspecified atom stereocenters. The number of carbonyl (C=O) groups excluding carboxylic acids is 3. The van der Waals surface area contributed by atoms with Crippen molar-refractivity contribution in [1.29, 1.82) is 0 Å². The Morgan fingerprint density at radius 1 is 0.800 bits per heavy atom. The minimum absolute atomic E-state index is 0.00788. The molecule has 5 N–H and O–H groups in total. The van der Waals surface area contributed by atoms with E-state index in [1.54, 1.807) is 6.26 Å². The van der Waals surface area contributed by atoms with E-state index in [0.717, 1.165) is 38.1 Å². The number of nitrogens with one attached hydrogen (secondary N) is 4. The Kier molecular flexibility index (Phi) is 19.5. The Hall–Kier alpha value is -1.58. The maximum atomic E-state index is 12.9. The number of unbranched alkanes of at least 4 members (excludes halogenated alkanes) is 3. The summed E-state index contributed by atoms with van der Waals surface area (Å²) in [5, 5.41) is 20.9. The topological polar surface area (TPSA) is 146 Å². The van der Waals surface area contributed by atoms with Crippen LogP contribution in [0.1, 0.15) is 71.6 Å². The van der Waals surface area contributed by atoms with Crippen molar-refractivity contribution in [3.8, 4) is 0 Å².